The van der Waals surface area contributed by atoms with Crippen molar-refractivity contribution in [3.8, 4) is 0 Å². The first kappa shape index (κ1) is 22.3. The maximum Gasteiger partial charge on any atom is 0.261 e. The summed E-state index contributed by atoms with van der Waals surface area (Å²) in [6.45, 7) is 3.82. The van der Waals surface area contributed by atoms with E-state index in [4.69, 9.17) is 11.6 Å². The number of carbonyl (C=O) groups excluding carboxylic acids is 1. The van der Waals surface area contributed by atoms with Gasteiger partial charge in [-0.2, -0.15) is 0 Å². The number of carbonyl (C=O) groups is 1. The summed E-state index contributed by atoms with van der Waals surface area (Å²) < 4.78 is 27.6. The van der Waals surface area contributed by atoms with Gasteiger partial charge in [0.15, 0.2) is 0 Å². The van der Waals surface area contributed by atoms with E-state index in [-0.39, 0.29) is 16.8 Å². The molecule has 0 atom stereocenters. The Labute approximate surface area is 193 Å². The van der Waals surface area contributed by atoms with E-state index in [2.05, 4.69) is 10.0 Å². The number of nitrogens with one attached hydrogen (secondary N) is 2. The van der Waals surface area contributed by atoms with Crippen LogP contribution in [0.4, 0.5) is 5.69 Å². The first-order valence-corrected chi connectivity index (χ1v) is 12.1. The van der Waals surface area contributed by atoms with Crippen molar-refractivity contribution in [1.29, 1.82) is 0 Å². The van der Waals surface area contributed by atoms with Crippen LogP contribution in [0.1, 0.15) is 21.5 Å². The van der Waals surface area contributed by atoms with Gasteiger partial charge in [0, 0.05) is 41.9 Å². The fraction of sp³-hybridized carbons (Fsp3) is 0.208. The summed E-state index contributed by atoms with van der Waals surface area (Å²) in [5.41, 5.74) is 3.14. The molecule has 6 nitrogen and oxygen atoms in total. The van der Waals surface area contributed by atoms with Crippen LogP contribution in [0, 0.1) is 6.92 Å². The number of nitrogens with zero attached hydrogens (tertiary/aromatic N) is 1. The zero-order valence-corrected chi connectivity index (χ0v) is 19.2. The molecule has 0 radical (unpaired) electrons. The summed E-state index contributed by atoms with van der Waals surface area (Å²) in [4.78, 5) is 14.5. The predicted molar refractivity (Wildman–Crippen MR) is 126 cm³/mol. The number of hydrogen-bond donors (Lipinski definition) is 2. The van der Waals surface area contributed by atoms with Crippen molar-refractivity contribution < 1.29 is 13.2 Å². The van der Waals surface area contributed by atoms with Gasteiger partial charge in [-0.25, -0.2) is 8.42 Å². The number of hydrogen-bond acceptors (Lipinski definition) is 4. The van der Waals surface area contributed by atoms with Gasteiger partial charge in [-0.15, -0.1) is 0 Å². The molecule has 1 amide bonds. The van der Waals surface area contributed by atoms with Gasteiger partial charge >= 0.3 is 0 Å². The first-order valence-electron chi connectivity index (χ1n) is 10.3. The highest BCUT2D eigenvalue weighted by molar-refractivity contribution is 7.92. The Hall–Kier alpha value is -2.87. The summed E-state index contributed by atoms with van der Waals surface area (Å²) in [6, 6.07) is 21.2. The molecule has 1 saturated heterocycles. The summed E-state index contributed by atoms with van der Waals surface area (Å²) in [5.74, 6) is -0.0178. The van der Waals surface area contributed by atoms with E-state index in [1.807, 2.05) is 19.1 Å². The molecule has 0 aromatic heterocycles. The minimum Gasteiger partial charge on any atom is -0.335 e. The number of sulfonamides is 1. The number of rotatable bonds is 7. The highest BCUT2D eigenvalue weighted by Crippen LogP contribution is 2.19. The highest BCUT2D eigenvalue weighted by Gasteiger charge is 2.30. The van der Waals surface area contributed by atoms with E-state index >= 15 is 0 Å². The van der Waals surface area contributed by atoms with E-state index in [0.29, 0.717) is 35.9 Å². The number of anilines is 1. The molecule has 1 heterocycles. The van der Waals surface area contributed by atoms with Gasteiger partial charge in [0.1, 0.15) is 0 Å². The minimum atomic E-state index is -3.61. The third kappa shape index (κ3) is 5.30. The van der Waals surface area contributed by atoms with Gasteiger partial charge in [0.25, 0.3) is 15.9 Å². The van der Waals surface area contributed by atoms with E-state index in [1.54, 1.807) is 65.6 Å². The Morgan fingerprint density at radius 3 is 2.38 bits per heavy atom. The molecule has 0 spiro atoms. The van der Waals surface area contributed by atoms with Crippen molar-refractivity contribution in [2.75, 3.05) is 17.8 Å². The molecule has 32 heavy (non-hydrogen) atoms. The summed E-state index contributed by atoms with van der Waals surface area (Å²) in [6.07, 6.45) is 0. The molecule has 8 heteroatoms. The van der Waals surface area contributed by atoms with Gasteiger partial charge in [-0.1, -0.05) is 47.5 Å². The Kier molecular flexibility index (Phi) is 6.50. The summed E-state index contributed by atoms with van der Waals surface area (Å²) in [7, 11) is -3.61. The van der Waals surface area contributed by atoms with E-state index < -0.39 is 10.0 Å². The van der Waals surface area contributed by atoms with Crippen molar-refractivity contribution in [2.24, 2.45) is 0 Å². The molecule has 0 saturated carbocycles. The van der Waals surface area contributed by atoms with E-state index in [9.17, 15) is 13.2 Å². The fourth-order valence-corrected chi connectivity index (χ4v) is 4.71. The lowest BCUT2D eigenvalue weighted by molar-refractivity contribution is 0.0565. The third-order valence-electron chi connectivity index (χ3n) is 5.37. The molecule has 3 aromatic carbocycles. The molecule has 1 fully saturated rings. The number of halogens is 1. The molecule has 4 rings (SSSR count). The molecule has 0 bridgehead atoms. The Bertz CT molecular complexity index is 1210. The zero-order valence-electron chi connectivity index (χ0n) is 17.6. The second-order valence-electron chi connectivity index (χ2n) is 7.91. The van der Waals surface area contributed by atoms with E-state index in [0.717, 1.165) is 11.1 Å². The average Bonchev–Trinajstić information content (AvgIpc) is 2.73. The SMILES string of the molecule is Cc1ccc(S(=O)(=O)Nc2ccc(CNC3CN(C(=O)c4cccc(Cl)c4)C3)cc2)cc1. The van der Waals surface area contributed by atoms with Crippen LogP contribution in [0.15, 0.2) is 77.7 Å². The van der Waals surface area contributed by atoms with Crippen LogP contribution >= 0.6 is 11.6 Å². The minimum absolute atomic E-state index is 0.0178. The molecule has 2 N–H and O–H groups in total. The maximum atomic E-state index is 12.5. The van der Waals surface area contributed by atoms with Crippen molar-refractivity contribution >= 4 is 33.2 Å². The molecule has 1 aliphatic rings. The topological polar surface area (TPSA) is 78.5 Å². The lowest BCUT2D eigenvalue weighted by atomic mass is 10.1. The molecule has 0 unspecified atom stereocenters. The third-order valence-corrected chi connectivity index (χ3v) is 7.00. The number of benzene rings is 3. The van der Waals surface area contributed by atoms with Gasteiger partial charge in [0.05, 0.1) is 4.90 Å². The molecule has 166 valence electrons. The largest absolute Gasteiger partial charge is 0.335 e. The van der Waals surface area contributed by atoms with Crippen molar-refractivity contribution in [3.05, 3.63) is 94.5 Å². The predicted octanol–water partition coefficient (Wildman–Crippen LogP) is 4.06. The van der Waals surface area contributed by atoms with Crippen LogP contribution in [0.25, 0.3) is 0 Å². The summed E-state index contributed by atoms with van der Waals surface area (Å²) >= 11 is 5.96. The van der Waals surface area contributed by atoms with Crippen molar-refractivity contribution in [3.63, 3.8) is 0 Å². The second kappa shape index (κ2) is 9.32. The van der Waals surface area contributed by atoms with Gasteiger partial charge < -0.3 is 10.2 Å². The number of amides is 1. The van der Waals surface area contributed by atoms with Crippen LogP contribution in [-0.2, 0) is 16.6 Å². The van der Waals surface area contributed by atoms with Crippen molar-refractivity contribution in [1.82, 2.24) is 10.2 Å². The molecule has 3 aromatic rings. The van der Waals surface area contributed by atoms with Gasteiger partial charge in [-0.3, -0.25) is 9.52 Å². The van der Waals surface area contributed by atoms with Crippen LogP contribution < -0.4 is 10.0 Å². The Morgan fingerprint density at radius 1 is 1.03 bits per heavy atom. The summed E-state index contributed by atoms with van der Waals surface area (Å²) in [5, 5.41) is 3.97. The van der Waals surface area contributed by atoms with Crippen LogP contribution in [-0.4, -0.2) is 38.4 Å². The molecule has 0 aliphatic carbocycles. The average molecular weight is 470 g/mol. The first-order chi connectivity index (χ1) is 15.3. The highest BCUT2D eigenvalue weighted by atomic mass is 35.5. The zero-order chi connectivity index (χ0) is 22.7. The van der Waals surface area contributed by atoms with Crippen LogP contribution in [0.2, 0.25) is 5.02 Å². The molecule has 1 aliphatic heterocycles. The van der Waals surface area contributed by atoms with Gasteiger partial charge in [0.2, 0.25) is 0 Å². The fourth-order valence-electron chi connectivity index (χ4n) is 3.46. The Morgan fingerprint density at radius 2 is 1.72 bits per heavy atom. The second-order valence-corrected chi connectivity index (χ2v) is 10.0. The Balaban J connectivity index is 1.26. The maximum absolute atomic E-state index is 12.5. The smallest absolute Gasteiger partial charge is 0.261 e. The van der Waals surface area contributed by atoms with Crippen LogP contribution in [0.5, 0.6) is 0 Å². The lowest BCUT2D eigenvalue weighted by Gasteiger charge is -2.40. The molecular weight excluding hydrogens is 446 g/mol. The standard InChI is InChI=1S/C24H24ClN3O3S/c1-17-5-11-23(12-6-17)32(30,31)27-21-9-7-18(8-10-21)14-26-22-15-28(16-22)24(29)19-3-2-4-20(25)13-19/h2-13,22,26-27H,14-16H2,1H3. The lowest BCUT2D eigenvalue weighted by Crippen LogP contribution is -2.59. The quantitative estimate of drug-likeness (QED) is 0.547. The number of aryl methyl sites for hydroxylation is 1. The number of likely N-dealkylation sites (tertiary alicyclic amines) is 1. The normalized spacial score (nSPS) is 14.1. The van der Waals surface area contributed by atoms with E-state index in [1.165, 1.54) is 0 Å². The van der Waals surface area contributed by atoms with Gasteiger partial charge in [-0.05, 0) is 55.0 Å². The molecular formula is C24H24ClN3O3S. The monoisotopic (exact) mass is 469 g/mol. The van der Waals surface area contributed by atoms with Crippen molar-refractivity contribution in [2.45, 2.75) is 24.4 Å². The van der Waals surface area contributed by atoms with Crippen LogP contribution in [0.3, 0.4) is 0 Å².